The van der Waals surface area contributed by atoms with E-state index in [-0.39, 0.29) is 5.82 Å². The predicted molar refractivity (Wildman–Crippen MR) is 80.2 cm³/mol. The first-order chi connectivity index (χ1) is 9.50. The molecular formula is C18H20FN. The maximum Gasteiger partial charge on any atom is 0.123 e. The van der Waals surface area contributed by atoms with E-state index in [1.165, 1.54) is 5.56 Å². The van der Waals surface area contributed by atoms with Crippen molar-refractivity contribution in [2.24, 2.45) is 5.73 Å². The summed E-state index contributed by atoms with van der Waals surface area (Å²) in [6.07, 6.45) is 1.89. The highest BCUT2D eigenvalue weighted by atomic mass is 19.1. The second-order valence-electron chi connectivity index (χ2n) is 6.02. The maximum atomic E-state index is 13.8. The summed E-state index contributed by atoms with van der Waals surface area (Å²) in [5.74, 6) is 0.304. The van der Waals surface area contributed by atoms with Gasteiger partial charge in [-0.1, -0.05) is 37.3 Å². The quantitative estimate of drug-likeness (QED) is 0.823. The Kier molecular flexibility index (Phi) is 3.14. The van der Waals surface area contributed by atoms with E-state index in [4.69, 9.17) is 5.73 Å². The van der Waals surface area contributed by atoms with Crippen LogP contribution in [0.15, 0.2) is 42.5 Å². The Balaban J connectivity index is 2.19. The zero-order valence-corrected chi connectivity index (χ0v) is 12.0. The van der Waals surface area contributed by atoms with Crippen LogP contribution in [0.1, 0.15) is 47.9 Å². The van der Waals surface area contributed by atoms with Crippen molar-refractivity contribution in [2.45, 2.75) is 38.1 Å². The van der Waals surface area contributed by atoms with Gasteiger partial charge in [-0.3, -0.25) is 0 Å². The Hall–Kier alpha value is -1.67. The molecule has 0 aromatic heterocycles. The predicted octanol–water partition coefficient (Wildman–Crippen LogP) is 4.23. The van der Waals surface area contributed by atoms with Crippen LogP contribution in [-0.2, 0) is 5.54 Å². The zero-order valence-electron chi connectivity index (χ0n) is 12.0. The van der Waals surface area contributed by atoms with E-state index in [0.29, 0.717) is 5.92 Å². The Bertz CT molecular complexity index is 629. The van der Waals surface area contributed by atoms with Gasteiger partial charge in [0.25, 0.3) is 0 Å². The lowest BCUT2D eigenvalue weighted by Gasteiger charge is -2.39. The molecule has 104 valence electrons. The van der Waals surface area contributed by atoms with Gasteiger partial charge in [0.15, 0.2) is 0 Å². The second-order valence-corrected chi connectivity index (χ2v) is 6.02. The minimum Gasteiger partial charge on any atom is -0.318 e. The molecular weight excluding hydrogens is 249 g/mol. The first-order valence-corrected chi connectivity index (χ1v) is 7.16. The van der Waals surface area contributed by atoms with E-state index >= 15 is 0 Å². The molecule has 2 atom stereocenters. The van der Waals surface area contributed by atoms with Gasteiger partial charge < -0.3 is 5.73 Å². The normalized spacial score (nSPS) is 25.3. The fraction of sp³-hybridized carbons (Fsp3) is 0.333. The molecule has 2 unspecified atom stereocenters. The van der Waals surface area contributed by atoms with Crippen molar-refractivity contribution in [3.8, 4) is 0 Å². The summed E-state index contributed by atoms with van der Waals surface area (Å²) in [6, 6.07) is 13.4. The summed E-state index contributed by atoms with van der Waals surface area (Å²) in [5.41, 5.74) is 10.4. The van der Waals surface area contributed by atoms with Crippen LogP contribution >= 0.6 is 0 Å². The van der Waals surface area contributed by atoms with Gasteiger partial charge in [-0.25, -0.2) is 4.39 Å². The van der Waals surface area contributed by atoms with Crippen molar-refractivity contribution in [3.63, 3.8) is 0 Å². The first kappa shape index (κ1) is 13.3. The number of benzene rings is 2. The standard InChI is InChI=1S/C18H20FN/c1-12-9-14(11-15(19)10-12)18(20)8-7-13(2)16-5-3-4-6-17(16)18/h3-6,9-11,13H,7-8,20H2,1-2H3. The monoisotopic (exact) mass is 269 g/mol. The number of aryl methyl sites for hydroxylation is 1. The van der Waals surface area contributed by atoms with E-state index in [1.54, 1.807) is 12.1 Å². The third-order valence-corrected chi connectivity index (χ3v) is 4.50. The van der Waals surface area contributed by atoms with Crippen molar-refractivity contribution in [2.75, 3.05) is 0 Å². The molecule has 20 heavy (non-hydrogen) atoms. The van der Waals surface area contributed by atoms with Crippen LogP contribution in [0.25, 0.3) is 0 Å². The first-order valence-electron chi connectivity index (χ1n) is 7.16. The topological polar surface area (TPSA) is 26.0 Å². The third kappa shape index (κ3) is 2.04. The lowest BCUT2D eigenvalue weighted by Crippen LogP contribution is -2.41. The fourth-order valence-electron chi connectivity index (χ4n) is 3.36. The molecule has 0 aliphatic heterocycles. The van der Waals surface area contributed by atoms with Crippen molar-refractivity contribution < 1.29 is 4.39 Å². The molecule has 0 bridgehead atoms. The molecule has 1 aliphatic carbocycles. The second kappa shape index (κ2) is 4.71. The molecule has 1 nitrogen and oxygen atoms in total. The van der Waals surface area contributed by atoms with Crippen LogP contribution in [0, 0.1) is 12.7 Å². The van der Waals surface area contributed by atoms with E-state index in [9.17, 15) is 4.39 Å². The lowest BCUT2D eigenvalue weighted by molar-refractivity contribution is 0.410. The maximum absolute atomic E-state index is 13.8. The van der Waals surface area contributed by atoms with E-state index in [0.717, 1.165) is 29.5 Å². The Morgan fingerprint density at radius 3 is 2.70 bits per heavy atom. The summed E-state index contributed by atoms with van der Waals surface area (Å²) in [6.45, 7) is 4.14. The van der Waals surface area contributed by atoms with Gasteiger partial charge >= 0.3 is 0 Å². The highest BCUT2D eigenvalue weighted by molar-refractivity contribution is 5.46. The number of hydrogen-bond acceptors (Lipinski definition) is 1. The van der Waals surface area contributed by atoms with E-state index < -0.39 is 5.54 Å². The Morgan fingerprint density at radius 1 is 1.20 bits per heavy atom. The van der Waals surface area contributed by atoms with Gasteiger partial charge in [0.2, 0.25) is 0 Å². The van der Waals surface area contributed by atoms with Crippen molar-refractivity contribution >= 4 is 0 Å². The molecule has 0 saturated heterocycles. The van der Waals surface area contributed by atoms with Crippen molar-refractivity contribution in [1.29, 1.82) is 0 Å². The van der Waals surface area contributed by atoms with Crippen LogP contribution in [0.3, 0.4) is 0 Å². The van der Waals surface area contributed by atoms with Gasteiger partial charge in [-0.15, -0.1) is 0 Å². The van der Waals surface area contributed by atoms with Crippen molar-refractivity contribution in [3.05, 3.63) is 70.5 Å². The third-order valence-electron chi connectivity index (χ3n) is 4.50. The number of hydrogen-bond donors (Lipinski definition) is 1. The molecule has 0 heterocycles. The molecule has 2 N–H and O–H groups in total. The number of halogens is 1. The molecule has 2 aromatic rings. The minimum atomic E-state index is -0.573. The Labute approximate surface area is 119 Å². The van der Waals surface area contributed by atoms with Gasteiger partial charge in [0, 0.05) is 0 Å². The molecule has 1 aliphatic rings. The van der Waals surface area contributed by atoms with Crippen LogP contribution in [-0.4, -0.2) is 0 Å². The molecule has 0 radical (unpaired) electrons. The van der Waals surface area contributed by atoms with Gasteiger partial charge in [0.1, 0.15) is 5.82 Å². The summed E-state index contributed by atoms with van der Waals surface area (Å²) in [4.78, 5) is 0. The van der Waals surface area contributed by atoms with Gasteiger partial charge in [-0.05, 0) is 60.1 Å². The average molecular weight is 269 g/mol. The van der Waals surface area contributed by atoms with Crippen LogP contribution < -0.4 is 5.73 Å². The van der Waals surface area contributed by atoms with Gasteiger partial charge in [-0.2, -0.15) is 0 Å². The SMILES string of the molecule is Cc1cc(F)cc(C2(N)CCC(C)c3ccccc32)c1. The smallest absolute Gasteiger partial charge is 0.123 e. The lowest BCUT2D eigenvalue weighted by atomic mass is 9.69. The number of nitrogens with two attached hydrogens (primary N) is 1. The molecule has 0 amide bonds. The minimum absolute atomic E-state index is 0.207. The number of rotatable bonds is 1. The average Bonchev–Trinajstić information content (AvgIpc) is 2.42. The van der Waals surface area contributed by atoms with Gasteiger partial charge in [0.05, 0.1) is 5.54 Å². The summed E-state index contributed by atoms with van der Waals surface area (Å²) < 4.78 is 13.8. The van der Waals surface area contributed by atoms with Crippen molar-refractivity contribution in [1.82, 2.24) is 0 Å². The molecule has 0 saturated carbocycles. The van der Waals surface area contributed by atoms with Crippen LogP contribution in [0.4, 0.5) is 4.39 Å². The largest absolute Gasteiger partial charge is 0.318 e. The summed E-state index contributed by atoms with van der Waals surface area (Å²) in [5, 5.41) is 0. The van der Waals surface area contributed by atoms with Crippen LogP contribution in [0.5, 0.6) is 0 Å². The molecule has 2 aromatic carbocycles. The van der Waals surface area contributed by atoms with Crippen LogP contribution in [0.2, 0.25) is 0 Å². The van der Waals surface area contributed by atoms with E-state index in [1.807, 2.05) is 19.1 Å². The highest BCUT2D eigenvalue weighted by Crippen LogP contribution is 2.43. The Morgan fingerprint density at radius 2 is 1.95 bits per heavy atom. The molecule has 2 heteroatoms. The highest BCUT2D eigenvalue weighted by Gasteiger charge is 2.36. The molecule has 0 fully saturated rings. The fourth-order valence-corrected chi connectivity index (χ4v) is 3.36. The molecule has 0 spiro atoms. The van der Waals surface area contributed by atoms with E-state index in [2.05, 4.69) is 25.1 Å². The zero-order chi connectivity index (χ0) is 14.3. The molecule has 3 rings (SSSR count). The summed E-state index contributed by atoms with van der Waals surface area (Å²) in [7, 11) is 0. The number of fused-ring (bicyclic) bond motifs is 1. The summed E-state index contributed by atoms with van der Waals surface area (Å²) >= 11 is 0.